The van der Waals surface area contributed by atoms with Crippen LogP contribution in [0.1, 0.15) is 42.9 Å². The second-order valence-electron chi connectivity index (χ2n) is 5.61. The molecule has 2 nitrogen and oxygen atoms in total. The van der Waals surface area contributed by atoms with Gasteiger partial charge >= 0.3 is 0 Å². The van der Waals surface area contributed by atoms with Crippen LogP contribution in [0.2, 0.25) is 0 Å². The number of benzene rings is 1. The molecular formula is C16H20O2. The van der Waals surface area contributed by atoms with Crippen LogP contribution < -0.4 is 0 Å². The number of ether oxygens (including phenoxy) is 1. The number of hydrogen-bond donors (Lipinski definition) is 0. The number of rotatable bonds is 3. The molecule has 0 amide bonds. The van der Waals surface area contributed by atoms with Gasteiger partial charge in [-0.15, -0.1) is 0 Å². The Bertz CT molecular complexity index is 464. The van der Waals surface area contributed by atoms with E-state index in [1.165, 1.54) is 30.4 Å². The minimum atomic E-state index is -0.159. The van der Waals surface area contributed by atoms with Gasteiger partial charge in [-0.1, -0.05) is 18.2 Å². The van der Waals surface area contributed by atoms with Gasteiger partial charge in [-0.2, -0.15) is 0 Å². The molecule has 2 unspecified atom stereocenters. The number of aryl methyl sites for hydroxylation is 2. The molecule has 2 heteroatoms. The Kier molecular flexibility index (Phi) is 3.21. The predicted octanol–water partition coefficient (Wildman–Crippen LogP) is 2.85. The maximum atomic E-state index is 12.1. The molecule has 1 fully saturated rings. The van der Waals surface area contributed by atoms with Gasteiger partial charge in [0.1, 0.15) is 6.10 Å². The van der Waals surface area contributed by atoms with Crippen molar-refractivity contribution >= 4 is 5.78 Å². The quantitative estimate of drug-likeness (QED) is 0.817. The number of fused-ring (bicyclic) bond motifs is 1. The van der Waals surface area contributed by atoms with Crippen molar-refractivity contribution in [3.8, 4) is 0 Å². The molecule has 18 heavy (non-hydrogen) atoms. The van der Waals surface area contributed by atoms with Crippen LogP contribution in [0.15, 0.2) is 18.2 Å². The average Bonchev–Trinajstić information content (AvgIpc) is 2.96. The molecule has 0 bridgehead atoms. The highest BCUT2D eigenvalue weighted by Gasteiger charge is 2.27. The second kappa shape index (κ2) is 4.85. The molecule has 1 heterocycles. The predicted molar refractivity (Wildman–Crippen MR) is 70.7 cm³/mol. The molecule has 2 atom stereocenters. The van der Waals surface area contributed by atoms with Crippen LogP contribution in [-0.4, -0.2) is 18.0 Å². The van der Waals surface area contributed by atoms with Gasteiger partial charge in [0.2, 0.25) is 0 Å². The molecule has 1 aliphatic carbocycles. The first kappa shape index (κ1) is 11.9. The minimum Gasteiger partial charge on any atom is -0.367 e. The maximum absolute atomic E-state index is 12.1. The van der Waals surface area contributed by atoms with E-state index in [1.54, 1.807) is 0 Å². The lowest BCUT2D eigenvalue weighted by molar-refractivity contribution is -0.128. The van der Waals surface area contributed by atoms with Crippen molar-refractivity contribution in [2.45, 2.75) is 57.7 Å². The SMILES string of the molecule is CC1CCC(C(=O)Cc2ccc3c(c2)CCC3)O1. The zero-order chi connectivity index (χ0) is 12.5. The lowest BCUT2D eigenvalue weighted by atomic mass is 10.00. The molecule has 0 N–H and O–H groups in total. The zero-order valence-electron chi connectivity index (χ0n) is 10.9. The first-order chi connectivity index (χ1) is 8.72. The summed E-state index contributed by atoms with van der Waals surface area (Å²) in [7, 11) is 0. The number of carbonyl (C=O) groups is 1. The standard InChI is InChI=1S/C16H20O2/c1-11-5-8-16(18-11)15(17)10-12-6-7-13-3-2-4-14(13)9-12/h6-7,9,11,16H,2-5,8,10H2,1H3. The molecule has 0 aromatic heterocycles. The Hall–Kier alpha value is -1.15. The first-order valence-corrected chi connectivity index (χ1v) is 7.01. The van der Waals surface area contributed by atoms with Crippen molar-refractivity contribution in [3.63, 3.8) is 0 Å². The summed E-state index contributed by atoms with van der Waals surface area (Å²) in [5.41, 5.74) is 4.07. The topological polar surface area (TPSA) is 26.3 Å². The molecule has 0 saturated carbocycles. The molecular weight excluding hydrogens is 224 g/mol. The van der Waals surface area contributed by atoms with Gasteiger partial charge < -0.3 is 4.74 Å². The Morgan fingerprint density at radius 1 is 1.28 bits per heavy atom. The third-order valence-corrected chi connectivity index (χ3v) is 4.13. The molecule has 1 saturated heterocycles. The van der Waals surface area contributed by atoms with Gasteiger partial charge in [-0.25, -0.2) is 0 Å². The molecule has 0 spiro atoms. The molecule has 1 aromatic rings. The summed E-state index contributed by atoms with van der Waals surface area (Å²) >= 11 is 0. The van der Waals surface area contributed by atoms with Gasteiger partial charge in [0.15, 0.2) is 5.78 Å². The lowest BCUT2D eigenvalue weighted by Crippen LogP contribution is -2.22. The van der Waals surface area contributed by atoms with Crippen molar-refractivity contribution in [2.75, 3.05) is 0 Å². The summed E-state index contributed by atoms with van der Waals surface area (Å²) in [5, 5.41) is 0. The van der Waals surface area contributed by atoms with Gasteiger partial charge in [0, 0.05) is 6.42 Å². The van der Waals surface area contributed by atoms with Crippen LogP contribution >= 0.6 is 0 Å². The molecule has 3 rings (SSSR count). The number of carbonyl (C=O) groups excluding carboxylic acids is 1. The number of hydrogen-bond acceptors (Lipinski definition) is 2. The highest BCUT2D eigenvalue weighted by Crippen LogP contribution is 2.25. The van der Waals surface area contributed by atoms with Gasteiger partial charge in [0.25, 0.3) is 0 Å². The highest BCUT2D eigenvalue weighted by atomic mass is 16.5. The van der Waals surface area contributed by atoms with E-state index in [1.807, 2.05) is 6.92 Å². The van der Waals surface area contributed by atoms with Crippen molar-refractivity contribution < 1.29 is 9.53 Å². The van der Waals surface area contributed by atoms with Gasteiger partial charge in [-0.3, -0.25) is 4.79 Å². The molecule has 2 aliphatic rings. The summed E-state index contributed by atoms with van der Waals surface area (Å²) in [6.45, 7) is 2.04. The first-order valence-electron chi connectivity index (χ1n) is 7.01. The number of ketones is 1. The van der Waals surface area contributed by atoms with Crippen LogP contribution in [0.3, 0.4) is 0 Å². The van der Waals surface area contributed by atoms with E-state index in [4.69, 9.17) is 4.74 Å². The van der Waals surface area contributed by atoms with Crippen molar-refractivity contribution in [1.29, 1.82) is 0 Å². The Labute approximate surface area is 108 Å². The van der Waals surface area contributed by atoms with E-state index in [-0.39, 0.29) is 18.0 Å². The summed E-state index contributed by atoms with van der Waals surface area (Å²) in [6.07, 6.45) is 6.17. The highest BCUT2D eigenvalue weighted by molar-refractivity contribution is 5.85. The summed E-state index contributed by atoms with van der Waals surface area (Å²) in [5.74, 6) is 0.247. The smallest absolute Gasteiger partial charge is 0.165 e. The maximum Gasteiger partial charge on any atom is 0.165 e. The summed E-state index contributed by atoms with van der Waals surface area (Å²) in [6, 6.07) is 6.53. The average molecular weight is 244 g/mol. The summed E-state index contributed by atoms with van der Waals surface area (Å²) in [4.78, 5) is 12.1. The van der Waals surface area contributed by atoms with E-state index < -0.39 is 0 Å². The van der Waals surface area contributed by atoms with Crippen molar-refractivity contribution in [3.05, 3.63) is 34.9 Å². The monoisotopic (exact) mass is 244 g/mol. The van der Waals surface area contributed by atoms with E-state index in [0.29, 0.717) is 6.42 Å². The minimum absolute atomic E-state index is 0.159. The fraction of sp³-hybridized carbons (Fsp3) is 0.562. The van der Waals surface area contributed by atoms with Crippen LogP contribution in [0.25, 0.3) is 0 Å². The largest absolute Gasteiger partial charge is 0.367 e. The van der Waals surface area contributed by atoms with Crippen LogP contribution in [0, 0.1) is 0 Å². The Balaban J connectivity index is 1.67. The molecule has 1 aliphatic heterocycles. The van der Waals surface area contributed by atoms with Gasteiger partial charge in [-0.05, 0) is 55.7 Å². The van der Waals surface area contributed by atoms with E-state index in [2.05, 4.69) is 18.2 Å². The lowest BCUT2D eigenvalue weighted by Gasteiger charge is -2.10. The Morgan fingerprint density at radius 3 is 2.89 bits per heavy atom. The fourth-order valence-corrected chi connectivity index (χ4v) is 3.09. The number of Topliss-reactive ketones (excluding diaryl/α,β-unsaturated/α-hetero) is 1. The third kappa shape index (κ3) is 2.35. The van der Waals surface area contributed by atoms with Crippen LogP contribution in [0.4, 0.5) is 0 Å². The van der Waals surface area contributed by atoms with Gasteiger partial charge in [0.05, 0.1) is 6.10 Å². The van der Waals surface area contributed by atoms with Crippen molar-refractivity contribution in [2.24, 2.45) is 0 Å². The van der Waals surface area contributed by atoms with Crippen LogP contribution in [0.5, 0.6) is 0 Å². The van der Waals surface area contributed by atoms with Crippen molar-refractivity contribution in [1.82, 2.24) is 0 Å². The second-order valence-corrected chi connectivity index (χ2v) is 5.61. The van der Waals surface area contributed by atoms with Crippen LogP contribution in [-0.2, 0) is 28.8 Å². The fourth-order valence-electron chi connectivity index (χ4n) is 3.09. The van der Waals surface area contributed by atoms with E-state index in [9.17, 15) is 4.79 Å². The summed E-state index contributed by atoms with van der Waals surface area (Å²) < 4.78 is 5.64. The van der Waals surface area contributed by atoms with E-state index >= 15 is 0 Å². The zero-order valence-corrected chi connectivity index (χ0v) is 10.9. The third-order valence-electron chi connectivity index (χ3n) is 4.13. The Morgan fingerprint density at radius 2 is 2.11 bits per heavy atom. The molecule has 96 valence electrons. The normalized spacial score (nSPS) is 26.3. The molecule has 0 radical (unpaired) electrons. The van der Waals surface area contributed by atoms with E-state index in [0.717, 1.165) is 18.4 Å². The molecule has 1 aromatic carbocycles.